The van der Waals surface area contributed by atoms with E-state index in [4.69, 9.17) is 16.3 Å². The fourth-order valence-corrected chi connectivity index (χ4v) is 2.22. The first-order chi connectivity index (χ1) is 10.0. The second-order valence-electron chi connectivity index (χ2n) is 4.37. The molecular weight excluding hydrogens is 292 g/mol. The summed E-state index contributed by atoms with van der Waals surface area (Å²) in [5, 5.41) is 0.323. The van der Waals surface area contributed by atoms with E-state index >= 15 is 0 Å². The highest BCUT2D eigenvalue weighted by Gasteiger charge is 2.17. The topological polar surface area (TPSA) is 52.6 Å². The van der Waals surface area contributed by atoms with Crippen LogP contribution in [0.4, 0.5) is 0 Å². The van der Waals surface area contributed by atoms with Crippen LogP contribution in [-0.4, -0.2) is 25.7 Å². The molecule has 0 N–H and O–H groups in total. The van der Waals surface area contributed by atoms with Crippen molar-refractivity contribution in [3.8, 4) is 0 Å². The average molecular weight is 311 g/mol. The number of esters is 2. The van der Waals surface area contributed by atoms with E-state index in [1.54, 1.807) is 13.0 Å². The zero-order chi connectivity index (χ0) is 15.8. The van der Waals surface area contributed by atoms with Crippen molar-refractivity contribution < 1.29 is 19.1 Å². The molecule has 0 saturated carbocycles. The summed E-state index contributed by atoms with van der Waals surface area (Å²) in [7, 11) is 1.29. The third-order valence-electron chi connectivity index (χ3n) is 2.80. The maximum Gasteiger partial charge on any atom is 0.340 e. The smallest absolute Gasteiger partial charge is 0.340 e. The van der Waals surface area contributed by atoms with Crippen LogP contribution < -0.4 is 0 Å². The highest BCUT2D eigenvalue weighted by Crippen LogP contribution is 2.25. The minimum Gasteiger partial charge on any atom is -0.466 e. The van der Waals surface area contributed by atoms with E-state index in [2.05, 4.69) is 11.7 Å². The van der Waals surface area contributed by atoms with Crippen molar-refractivity contribution >= 4 is 29.6 Å². The molecule has 1 rings (SSSR count). The lowest BCUT2D eigenvalue weighted by atomic mass is 10.0. The van der Waals surface area contributed by atoms with Crippen LogP contribution in [0.15, 0.2) is 18.2 Å². The van der Waals surface area contributed by atoms with Crippen LogP contribution in [0, 0.1) is 0 Å². The first-order valence-electron chi connectivity index (χ1n) is 6.79. The number of benzene rings is 1. The molecule has 0 aliphatic rings. The lowest BCUT2D eigenvalue weighted by Crippen LogP contribution is -2.08. The Hall–Kier alpha value is -1.81. The van der Waals surface area contributed by atoms with Gasteiger partial charge in [0.15, 0.2) is 0 Å². The molecule has 0 unspecified atom stereocenters. The molecule has 1 aromatic carbocycles. The Morgan fingerprint density at radius 2 is 2.00 bits per heavy atom. The normalized spacial score (nSPS) is 10.7. The molecule has 0 heterocycles. The summed E-state index contributed by atoms with van der Waals surface area (Å²) in [5.41, 5.74) is 1.81. The van der Waals surface area contributed by atoms with E-state index in [0.717, 1.165) is 18.4 Å². The van der Waals surface area contributed by atoms with Crippen molar-refractivity contribution in [3.63, 3.8) is 0 Å². The Morgan fingerprint density at radius 1 is 1.29 bits per heavy atom. The van der Waals surface area contributed by atoms with Gasteiger partial charge in [-0.3, -0.25) is 0 Å². The molecule has 0 fully saturated rings. The number of hydrogen-bond acceptors (Lipinski definition) is 4. The lowest BCUT2D eigenvalue weighted by molar-refractivity contribution is -0.134. The van der Waals surface area contributed by atoms with Gasteiger partial charge in [0.25, 0.3) is 0 Å². The number of carbonyl (C=O) groups excluding carboxylic acids is 2. The van der Waals surface area contributed by atoms with Crippen molar-refractivity contribution in [2.24, 2.45) is 0 Å². The fourth-order valence-electron chi connectivity index (χ4n) is 1.90. The molecule has 0 aromatic heterocycles. The molecular formula is C16H19ClO4. The molecule has 4 nitrogen and oxygen atoms in total. The summed E-state index contributed by atoms with van der Waals surface area (Å²) in [4.78, 5) is 23.2. The molecule has 0 aliphatic heterocycles. The predicted molar refractivity (Wildman–Crippen MR) is 82.5 cm³/mol. The molecule has 0 amide bonds. The van der Waals surface area contributed by atoms with Crippen LogP contribution >= 0.6 is 11.6 Å². The van der Waals surface area contributed by atoms with Crippen molar-refractivity contribution in [2.75, 3.05) is 13.7 Å². The third-order valence-corrected chi connectivity index (χ3v) is 3.10. The van der Waals surface area contributed by atoms with E-state index in [1.165, 1.54) is 19.3 Å². The van der Waals surface area contributed by atoms with Gasteiger partial charge in [-0.15, -0.1) is 0 Å². The van der Waals surface area contributed by atoms with Crippen LogP contribution in [0.5, 0.6) is 0 Å². The van der Waals surface area contributed by atoms with Crippen molar-refractivity contribution in [1.82, 2.24) is 0 Å². The van der Waals surface area contributed by atoms with Gasteiger partial charge < -0.3 is 9.47 Å². The van der Waals surface area contributed by atoms with Gasteiger partial charge in [0.05, 0.1) is 24.3 Å². The minimum atomic E-state index is -0.505. The van der Waals surface area contributed by atoms with Crippen molar-refractivity contribution in [3.05, 3.63) is 39.9 Å². The highest BCUT2D eigenvalue weighted by atomic mass is 35.5. The number of aryl methyl sites for hydroxylation is 1. The molecule has 21 heavy (non-hydrogen) atoms. The summed E-state index contributed by atoms with van der Waals surface area (Å²) in [6, 6.07) is 3.59. The minimum absolute atomic E-state index is 0.256. The maximum absolute atomic E-state index is 12.0. The van der Waals surface area contributed by atoms with Gasteiger partial charge in [-0.25, -0.2) is 9.59 Å². The Bertz CT molecular complexity index is 549. The quantitative estimate of drug-likeness (QED) is 0.594. The predicted octanol–water partition coefficient (Wildman–Crippen LogP) is 3.66. The monoisotopic (exact) mass is 310 g/mol. The number of halogens is 1. The van der Waals surface area contributed by atoms with Gasteiger partial charge in [0.1, 0.15) is 0 Å². The van der Waals surface area contributed by atoms with Gasteiger partial charge in [0.2, 0.25) is 0 Å². The van der Waals surface area contributed by atoms with E-state index in [0.29, 0.717) is 10.6 Å². The summed E-state index contributed by atoms with van der Waals surface area (Å²) in [6.45, 7) is 4.03. The first-order valence-corrected chi connectivity index (χ1v) is 7.16. The van der Waals surface area contributed by atoms with E-state index < -0.39 is 11.9 Å². The molecule has 5 heteroatoms. The number of ether oxygens (including phenoxy) is 2. The SMILES string of the molecule is CCCc1cc(Cl)c(C(=O)OCC)c(C=CC(=O)OC)c1. The Kier molecular flexibility index (Phi) is 6.96. The zero-order valence-electron chi connectivity index (χ0n) is 12.4. The van der Waals surface area contributed by atoms with Gasteiger partial charge >= 0.3 is 11.9 Å². The van der Waals surface area contributed by atoms with Crippen LogP contribution in [0.3, 0.4) is 0 Å². The zero-order valence-corrected chi connectivity index (χ0v) is 13.2. The number of hydrogen-bond donors (Lipinski definition) is 0. The lowest BCUT2D eigenvalue weighted by Gasteiger charge is -2.10. The molecule has 1 aromatic rings. The second-order valence-corrected chi connectivity index (χ2v) is 4.78. The molecule has 0 bridgehead atoms. The summed E-state index contributed by atoms with van der Waals surface area (Å²) < 4.78 is 9.56. The van der Waals surface area contributed by atoms with Gasteiger partial charge in [-0.1, -0.05) is 31.0 Å². The maximum atomic E-state index is 12.0. The Morgan fingerprint density at radius 3 is 2.57 bits per heavy atom. The highest BCUT2D eigenvalue weighted by molar-refractivity contribution is 6.34. The van der Waals surface area contributed by atoms with Crippen LogP contribution in [0.1, 0.15) is 41.8 Å². The fraction of sp³-hybridized carbons (Fsp3) is 0.375. The van der Waals surface area contributed by atoms with Crippen LogP contribution in [0.25, 0.3) is 6.08 Å². The second kappa shape index (κ2) is 8.47. The Balaban J connectivity index is 3.29. The molecule has 0 saturated heterocycles. The van der Waals surface area contributed by atoms with E-state index in [-0.39, 0.29) is 12.2 Å². The van der Waals surface area contributed by atoms with Crippen molar-refractivity contribution in [1.29, 1.82) is 0 Å². The van der Waals surface area contributed by atoms with Crippen molar-refractivity contribution in [2.45, 2.75) is 26.7 Å². The summed E-state index contributed by atoms with van der Waals surface area (Å²) in [6.07, 6.45) is 4.56. The van der Waals surface area contributed by atoms with Gasteiger partial charge in [-0.2, -0.15) is 0 Å². The summed E-state index contributed by atoms with van der Waals surface area (Å²) in [5.74, 6) is -1.00. The molecule has 0 aliphatic carbocycles. The number of rotatable bonds is 6. The molecule has 0 radical (unpaired) electrons. The third kappa shape index (κ3) is 4.90. The Labute approximate surface area is 129 Å². The largest absolute Gasteiger partial charge is 0.466 e. The number of methoxy groups -OCH3 is 1. The summed E-state index contributed by atoms with van der Waals surface area (Å²) >= 11 is 6.20. The van der Waals surface area contributed by atoms with Gasteiger partial charge in [-0.05, 0) is 36.6 Å². The average Bonchev–Trinajstić information content (AvgIpc) is 2.44. The molecule has 114 valence electrons. The molecule has 0 spiro atoms. The molecule has 0 atom stereocenters. The van der Waals surface area contributed by atoms with E-state index in [1.807, 2.05) is 6.07 Å². The van der Waals surface area contributed by atoms with Crippen LogP contribution in [0.2, 0.25) is 5.02 Å². The first kappa shape index (κ1) is 17.2. The van der Waals surface area contributed by atoms with E-state index in [9.17, 15) is 9.59 Å². The standard InChI is InChI=1S/C16H19ClO4/c1-4-6-11-9-12(7-8-14(18)20-3)15(13(17)10-11)16(19)21-5-2/h7-10H,4-6H2,1-3H3. The van der Waals surface area contributed by atoms with Crippen LogP contribution in [-0.2, 0) is 20.7 Å². The van der Waals surface area contributed by atoms with Gasteiger partial charge in [0, 0.05) is 6.08 Å². The number of carbonyl (C=O) groups is 2.